The second-order valence-corrected chi connectivity index (χ2v) is 6.62. The number of benzene rings is 1. The number of rotatable bonds is 7. The molecule has 0 radical (unpaired) electrons. The van der Waals surface area contributed by atoms with Crippen LogP contribution in [0.25, 0.3) is 0 Å². The minimum absolute atomic E-state index is 0.0412. The van der Waals surface area contributed by atoms with E-state index in [4.69, 9.17) is 9.47 Å². The molecule has 0 atom stereocenters. The van der Waals surface area contributed by atoms with Gasteiger partial charge in [0.15, 0.2) is 11.5 Å². The lowest BCUT2D eigenvalue weighted by Crippen LogP contribution is -2.27. The zero-order chi connectivity index (χ0) is 17.5. The molecular weight excluding hydrogens is 340 g/mol. The first-order chi connectivity index (χ1) is 12.2. The summed E-state index contributed by atoms with van der Waals surface area (Å²) in [5.41, 5.74) is 0.651. The minimum atomic E-state index is -0.157. The van der Waals surface area contributed by atoms with Crippen LogP contribution < -0.4 is 20.1 Å². The van der Waals surface area contributed by atoms with Crippen LogP contribution in [-0.4, -0.2) is 31.6 Å². The van der Waals surface area contributed by atoms with Crippen LogP contribution in [0.3, 0.4) is 0 Å². The van der Waals surface area contributed by atoms with Crippen LogP contribution in [0.2, 0.25) is 0 Å². The molecule has 0 saturated heterocycles. The fraction of sp³-hybridized carbons (Fsp3) is 0.333. The molecule has 2 N–H and O–H groups in total. The maximum atomic E-state index is 12.0. The van der Waals surface area contributed by atoms with Crippen LogP contribution in [-0.2, 0) is 16.0 Å². The molecule has 0 spiro atoms. The van der Waals surface area contributed by atoms with E-state index < -0.39 is 0 Å². The van der Waals surface area contributed by atoms with E-state index in [1.807, 2.05) is 17.5 Å². The Labute approximate surface area is 150 Å². The van der Waals surface area contributed by atoms with E-state index in [-0.39, 0.29) is 18.2 Å². The van der Waals surface area contributed by atoms with Gasteiger partial charge < -0.3 is 20.1 Å². The average Bonchev–Trinajstić information content (AvgIpc) is 3.13. The molecule has 1 aliphatic rings. The lowest BCUT2D eigenvalue weighted by Gasteiger charge is -2.19. The third-order valence-electron chi connectivity index (χ3n) is 3.68. The number of hydrogen-bond acceptors (Lipinski definition) is 5. The van der Waals surface area contributed by atoms with Crippen molar-refractivity contribution in [2.24, 2.45) is 0 Å². The highest BCUT2D eigenvalue weighted by atomic mass is 32.1. The molecule has 1 aromatic heterocycles. The minimum Gasteiger partial charge on any atom is -0.486 e. The summed E-state index contributed by atoms with van der Waals surface area (Å²) >= 11 is 1.64. The molecule has 2 heterocycles. The topological polar surface area (TPSA) is 76.7 Å². The zero-order valence-electron chi connectivity index (χ0n) is 13.7. The number of ether oxygens (including phenoxy) is 2. The Morgan fingerprint density at radius 1 is 1.04 bits per heavy atom. The molecule has 6 nitrogen and oxygen atoms in total. The van der Waals surface area contributed by atoms with Gasteiger partial charge in [0.1, 0.15) is 13.2 Å². The standard InChI is InChI=1S/C18H20N2O4S/c21-17(6-4-14-2-1-11-25-14)19-8-7-18(22)20-13-3-5-15-16(12-13)24-10-9-23-15/h1-3,5,11-12H,4,6-10H2,(H,19,21)(H,20,22). The quantitative estimate of drug-likeness (QED) is 0.796. The Balaban J connectivity index is 1.37. The van der Waals surface area contributed by atoms with Crippen molar-refractivity contribution in [3.8, 4) is 11.5 Å². The molecule has 132 valence electrons. The molecule has 0 unspecified atom stereocenters. The molecule has 0 aliphatic carbocycles. The van der Waals surface area contributed by atoms with Crippen LogP contribution in [0.4, 0.5) is 5.69 Å². The van der Waals surface area contributed by atoms with Gasteiger partial charge in [0.2, 0.25) is 11.8 Å². The molecule has 0 saturated carbocycles. The van der Waals surface area contributed by atoms with Gasteiger partial charge in [-0.05, 0) is 30.0 Å². The first kappa shape index (κ1) is 17.3. The zero-order valence-corrected chi connectivity index (χ0v) is 14.6. The molecule has 0 fully saturated rings. The van der Waals surface area contributed by atoms with Gasteiger partial charge >= 0.3 is 0 Å². The number of thiophene rings is 1. The SMILES string of the molecule is O=C(CCc1cccs1)NCCC(=O)Nc1ccc2c(c1)OCCO2. The van der Waals surface area contributed by atoms with E-state index in [9.17, 15) is 9.59 Å². The summed E-state index contributed by atoms with van der Waals surface area (Å²) in [4.78, 5) is 24.9. The van der Waals surface area contributed by atoms with Crippen LogP contribution in [0.1, 0.15) is 17.7 Å². The van der Waals surface area contributed by atoms with Crippen molar-refractivity contribution in [1.29, 1.82) is 0 Å². The normalized spacial score (nSPS) is 12.5. The predicted molar refractivity (Wildman–Crippen MR) is 96.3 cm³/mol. The van der Waals surface area contributed by atoms with Crippen LogP contribution >= 0.6 is 11.3 Å². The highest BCUT2D eigenvalue weighted by molar-refractivity contribution is 7.09. The van der Waals surface area contributed by atoms with E-state index in [0.29, 0.717) is 43.4 Å². The largest absolute Gasteiger partial charge is 0.486 e. The maximum Gasteiger partial charge on any atom is 0.226 e. The third kappa shape index (κ3) is 5.22. The lowest BCUT2D eigenvalue weighted by atomic mass is 10.2. The Morgan fingerprint density at radius 3 is 2.68 bits per heavy atom. The van der Waals surface area contributed by atoms with E-state index in [1.54, 1.807) is 29.5 Å². The van der Waals surface area contributed by atoms with Crippen molar-refractivity contribution in [3.63, 3.8) is 0 Å². The van der Waals surface area contributed by atoms with Gasteiger partial charge in [0, 0.05) is 36.0 Å². The predicted octanol–water partition coefficient (Wildman–Crippen LogP) is 2.60. The van der Waals surface area contributed by atoms with Gasteiger partial charge in [-0.25, -0.2) is 0 Å². The number of amides is 2. The highest BCUT2D eigenvalue weighted by Crippen LogP contribution is 2.32. The maximum absolute atomic E-state index is 12.0. The first-order valence-electron chi connectivity index (χ1n) is 8.19. The second kappa shape index (κ2) is 8.53. The third-order valence-corrected chi connectivity index (χ3v) is 4.61. The fourth-order valence-electron chi connectivity index (χ4n) is 2.44. The summed E-state index contributed by atoms with van der Waals surface area (Å²) in [6.45, 7) is 1.35. The molecule has 2 aromatic rings. The summed E-state index contributed by atoms with van der Waals surface area (Å²) in [6, 6.07) is 9.27. The Morgan fingerprint density at radius 2 is 1.88 bits per heavy atom. The molecule has 0 bridgehead atoms. The van der Waals surface area contributed by atoms with Gasteiger partial charge in [0.05, 0.1) is 0 Å². The molecule has 3 rings (SSSR count). The van der Waals surface area contributed by atoms with E-state index in [0.717, 1.165) is 6.42 Å². The number of hydrogen-bond donors (Lipinski definition) is 2. The Bertz CT molecular complexity index is 731. The van der Waals surface area contributed by atoms with Crippen molar-refractivity contribution in [2.75, 3.05) is 25.1 Å². The number of anilines is 1. The van der Waals surface area contributed by atoms with E-state index >= 15 is 0 Å². The van der Waals surface area contributed by atoms with Gasteiger partial charge in [-0.15, -0.1) is 11.3 Å². The lowest BCUT2D eigenvalue weighted by molar-refractivity contribution is -0.121. The van der Waals surface area contributed by atoms with Crippen LogP contribution in [0.15, 0.2) is 35.7 Å². The molecular formula is C18H20N2O4S. The number of carbonyl (C=O) groups excluding carboxylic acids is 2. The van der Waals surface area contributed by atoms with E-state index in [2.05, 4.69) is 10.6 Å². The van der Waals surface area contributed by atoms with Crippen molar-refractivity contribution >= 4 is 28.8 Å². The van der Waals surface area contributed by atoms with Crippen molar-refractivity contribution in [1.82, 2.24) is 5.32 Å². The van der Waals surface area contributed by atoms with Crippen molar-refractivity contribution < 1.29 is 19.1 Å². The smallest absolute Gasteiger partial charge is 0.226 e. The van der Waals surface area contributed by atoms with Crippen molar-refractivity contribution in [2.45, 2.75) is 19.3 Å². The van der Waals surface area contributed by atoms with Gasteiger partial charge in [0.25, 0.3) is 0 Å². The number of aryl methyl sites for hydroxylation is 1. The Hall–Kier alpha value is -2.54. The molecule has 7 heteroatoms. The summed E-state index contributed by atoms with van der Waals surface area (Å²) < 4.78 is 10.9. The Kier molecular flexibility index (Phi) is 5.90. The molecule has 25 heavy (non-hydrogen) atoms. The van der Waals surface area contributed by atoms with Gasteiger partial charge in [-0.2, -0.15) is 0 Å². The molecule has 1 aliphatic heterocycles. The second-order valence-electron chi connectivity index (χ2n) is 5.59. The average molecular weight is 360 g/mol. The summed E-state index contributed by atoms with van der Waals surface area (Å²) in [5, 5.41) is 7.56. The van der Waals surface area contributed by atoms with Crippen LogP contribution in [0, 0.1) is 0 Å². The number of carbonyl (C=O) groups is 2. The van der Waals surface area contributed by atoms with Crippen LogP contribution in [0.5, 0.6) is 11.5 Å². The summed E-state index contributed by atoms with van der Waals surface area (Å²) in [5.74, 6) is 1.11. The highest BCUT2D eigenvalue weighted by Gasteiger charge is 2.13. The monoisotopic (exact) mass is 360 g/mol. The van der Waals surface area contributed by atoms with Gasteiger partial charge in [-0.1, -0.05) is 6.07 Å². The van der Waals surface area contributed by atoms with Gasteiger partial charge in [-0.3, -0.25) is 9.59 Å². The number of nitrogens with one attached hydrogen (secondary N) is 2. The molecule has 2 amide bonds. The fourth-order valence-corrected chi connectivity index (χ4v) is 3.15. The first-order valence-corrected chi connectivity index (χ1v) is 9.07. The number of fused-ring (bicyclic) bond motifs is 1. The van der Waals surface area contributed by atoms with Crippen molar-refractivity contribution in [3.05, 3.63) is 40.6 Å². The van der Waals surface area contributed by atoms with E-state index in [1.165, 1.54) is 4.88 Å². The summed E-state index contributed by atoms with van der Waals surface area (Å²) in [6.07, 6.45) is 1.39. The summed E-state index contributed by atoms with van der Waals surface area (Å²) in [7, 11) is 0. The molecule has 1 aromatic carbocycles.